The molecule has 0 atom stereocenters. The van der Waals surface area contributed by atoms with Gasteiger partial charge in [-0.1, -0.05) is 79.6 Å². The quantitative estimate of drug-likeness (QED) is 0.238. The van der Waals surface area contributed by atoms with Crippen molar-refractivity contribution in [1.29, 1.82) is 0 Å². The average molecular weight is 512 g/mol. The fraction of sp³-hybridized carbons (Fsp3) is 0.625. The van der Waals surface area contributed by atoms with E-state index in [0.29, 0.717) is 39.6 Å². The van der Waals surface area contributed by atoms with Gasteiger partial charge in [-0.25, -0.2) is 0 Å². The van der Waals surface area contributed by atoms with Crippen molar-refractivity contribution in [2.75, 3.05) is 66.9 Å². The highest BCUT2D eigenvalue weighted by molar-refractivity contribution is 5.81. The van der Waals surface area contributed by atoms with Gasteiger partial charge in [0.2, 0.25) is 0 Å². The molecule has 0 amide bonds. The van der Waals surface area contributed by atoms with Crippen LogP contribution in [-0.2, 0) is 19.6 Å². The van der Waals surface area contributed by atoms with Crippen molar-refractivity contribution in [3.05, 3.63) is 58.7 Å². The van der Waals surface area contributed by atoms with Gasteiger partial charge in [0.15, 0.2) is 0 Å². The van der Waals surface area contributed by atoms with Crippen LogP contribution < -0.4 is 0 Å². The molecule has 0 heterocycles. The third-order valence-corrected chi connectivity index (χ3v) is 7.46. The Morgan fingerprint density at radius 1 is 0.676 bits per heavy atom. The predicted molar refractivity (Wildman–Crippen MR) is 153 cm³/mol. The van der Waals surface area contributed by atoms with Crippen LogP contribution in [0.4, 0.5) is 0 Å². The maximum absolute atomic E-state index is 8.80. The Labute approximate surface area is 225 Å². The third kappa shape index (κ3) is 8.62. The van der Waals surface area contributed by atoms with Crippen LogP contribution in [0, 0.1) is 13.8 Å². The summed E-state index contributed by atoms with van der Waals surface area (Å²) in [6.07, 6.45) is 8.81. The number of hydrogen-bond donors (Lipinski definition) is 1. The smallest absolute Gasteiger partial charge is 0.0701 e. The summed E-state index contributed by atoms with van der Waals surface area (Å²) in [7, 11) is 4.31. The number of benzene rings is 2. The fourth-order valence-corrected chi connectivity index (χ4v) is 5.53. The van der Waals surface area contributed by atoms with E-state index in [1.54, 1.807) is 0 Å². The molecule has 1 aliphatic rings. The first-order valence-electron chi connectivity index (χ1n) is 14.2. The second-order valence-corrected chi connectivity index (χ2v) is 10.9. The van der Waals surface area contributed by atoms with E-state index < -0.39 is 0 Å². The minimum absolute atomic E-state index is 0.0452. The lowest BCUT2D eigenvalue weighted by molar-refractivity contribution is 0.000630. The highest BCUT2D eigenvalue weighted by Gasteiger charge is 2.43. The summed E-state index contributed by atoms with van der Waals surface area (Å²) in [6.45, 7) is 8.79. The Morgan fingerprint density at radius 3 is 1.76 bits per heavy atom. The van der Waals surface area contributed by atoms with Crippen LogP contribution in [0.3, 0.4) is 0 Å². The molecule has 1 N–H and O–H groups in total. The van der Waals surface area contributed by atoms with E-state index in [9.17, 15) is 0 Å². The van der Waals surface area contributed by atoms with E-state index in [4.69, 9.17) is 19.3 Å². The molecular formula is C32H49NO4. The van der Waals surface area contributed by atoms with Crippen LogP contribution in [0.2, 0.25) is 0 Å². The zero-order chi connectivity index (χ0) is 26.5. The van der Waals surface area contributed by atoms with Crippen molar-refractivity contribution in [2.45, 2.75) is 64.2 Å². The number of aryl methyl sites for hydroxylation is 2. The number of ether oxygens (including phenoxy) is 3. The van der Waals surface area contributed by atoms with Crippen LogP contribution in [0.5, 0.6) is 0 Å². The minimum atomic E-state index is -0.113. The Hall–Kier alpha value is -1.76. The SMILES string of the molecule is Cc1ccc2c(c1)C(CCCCCCCCN(C)C)(COCCOCCOCCO)c1cc(C)ccc1-2. The van der Waals surface area contributed by atoms with Crippen molar-refractivity contribution in [1.82, 2.24) is 4.90 Å². The molecule has 0 radical (unpaired) electrons. The molecule has 2 aromatic rings. The van der Waals surface area contributed by atoms with Gasteiger partial charge >= 0.3 is 0 Å². The zero-order valence-corrected chi connectivity index (χ0v) is 23.7. The molecule has 206 valence electrons. The Morgan fingerprint density at radius 2 is 1.19 bits per heavy atom. The highest BCUT2D eigenvalue weighted by atomic mass is 16.5. The van der Waals surface area contributed by atoms with Gasteiger partial charge in [0.1, 0.15) is 0 Å². The number of aliphatic hydroxyl groups excluding tert-OH is 1. The van der Waals surface area contributed by atoms with Crippen molar-refractivity contribution in [3.63, 3.8) is 0 Å². The van der Waals surface area contributed by atoms with Crippen molar-refractivity contribution < 1.29 is 19.3 Å². The molecule has 0 aromatic heterocycles. The number of nitrogens with zero attached hydrogens (tertiary/aromatic N) is 1. The fourth-order valence-electron chi connectivity index (χ4n) is 5.53. The maximum Gasteiger partial charge on any atom is 0.0701 e. The summed E-state index contributed by atoms with van der Waals surface area (Å²) in [6, 6.07) is 13.9. The second-order valence-electron chi connectivity index (χ2n) is 10.9. The lowest BCUT2D eigenvalue weighted by Gasteiger charge is -2.32. The van der Waals surface area contributed by atoms with E-state index in [0.717, 1.165) is 6.42 Å². The van der Waals surface area contributed by atoms with Gasteiger partial charge in [0, 0.05) is 5.41 Å². The molecule has 0 unspecified atom stereocenters. The van der Waals surface area contributed by atoms with Crippen LogP contribution in [0.1, 0.15) is 67.2 Å². The molecule has 2 aromatic carbocycles. The lowest BCUT2D eigenvalue weighted by Crippen LogP contribution is -2.32. The molecule has 5 heteroatoms. The van der Waals surface area contributed by atoms with Gasteiger partial charge in [-0.15, -0.1) is 0 Å². The van der Waals surface area contributed by atoms with Gasteiger partial charge in [-0.3, -0.25) is 0 Å². The van der Waals surface area contributed by atoms with Gasteiger partial charge < -0.3 is 24.2 Å². The summed E-state index contributed by atoms with van der Waals surface area (Å²) in [4.78, 5) is 2.28. The van der Waals surface area contributed by atoms with E-state index in [-0.39, 0.29) is 12.0 Å². The van der Waals surface area contributed by atoms with Crippen molar-refractivity contribution in [3.8, 4) is 11.1 Å². The summed E-state index contributed by atoms with van der Waals surface area (Å²) >= 11 is 0. The largest absolute Gasteiger partial charge is 0.394 e. The first kappa shape index (κ1) is 29.8. The van der Waals surface area contributed by atoms with Crippen LogP contribution >= 0.6 is 0 Å². The number of hydrogen-bond acceptors (Lipinski definition) is 5. The van der Waals surface area contributed by atoms with Gasteiger partial charge in [0.25, 0.3) is 0 Å². The Balaban J connectivity index is 1.65. The van der Waals surface area contributed by atoms with Crippen molar-refractivity contribution >= 4 is 0 Å². The average Bonchev–Trinajstić information content (AvgIpc) is 3.12. The molecule has 0 bridgehead atoms. The summed E-state index contributed by atoms with van der Waals surface area (Å²) in [5, 5.41) is 8.80. The topological polar surface area (TPSA) is 51.2 Å². The predicted octanol–water partition coefficient (Wildman–Crippen LogP) is 5.90. The van der Waals surface area contributed by atoms with Crippen molar-refractivity contribution in [2.24, 2.45) is 0 Å². The number of aliphatic hydroxyl groups is 1. The number of fused-ring (bicyclic) bond motifs is 3. The van der Waals surface area contributed by atoms with Gasteiger partial charge in [-0.05, 0) is 69.6 Å². The van der Waals surface area contributed by atoms with Gasteiger partial charge in [0.05, 0.1) is 46.2 Å². The molecular weight excluding hydrogens is 462 g/mol. The van der Waals surface area contributed by atoms with E-state index in [1.165, 1.54) is 78.5 Å². The van der Waals surface area contributed by atoms with Gasteiger partial charge in [-0.2, -0.15) is 0 Å². The first-order valence-corrected chi connectivity index (χ1v) is 14.2. The standard InChI is InChI=1S/C32H49NO4/c1-26-11-13-28-29-14-12-27(2)24-31(29)32(30(28)23-26,15-9-7-5-6-8-10-16-33(3)4)25-37-22-21-36-20-19-35-18-17-34/h11-14,23-24,34H,5-10,15-22,25H2,1-4H3. The molecule has 0 spiro atoms. The molecule has 3 rings (SSSR count). The molecule has 1 aliphatic carbocycles. The lowest BCUT2D eigenvalue weighted by atomic mass is 9.74. The van der Waals surface area contributed by atoms with E-state index in [2.05, 4.69) is 69.2 Å². The highest BCUT2D eigenvalue weighted by Crippen LogP contribution is 2.52. The first-order chi connectivity index (χ1) is 18.0. The zero-order valence-electron chi connectivity index (χ0n) is 23.7. The Kier molecular flexibility index (Phi) is 12.6. The molecule has 37 heavy (non-hydrogen) atoms. The molecule has 0 aliphatic heterocycles. The number of unbranched alkanes of at least 4 members (excludes halogenated alkanes) is 5. The molecule has 0 saturated carbocycles. The Bertz CT molecular complexity index is 891. The number of rotatable bonds is 19. The van der Waals surface area contributed by atoms with Crippen LogP contribution in [0.25, 0.3) is 11.1 Å². The van der Waals surface area contributed by atoms with Crippen LogP contribution in [-0.4, -0.2) is 76.9 Å². The van der Waals surface area contributed by atoms with Crippen LogP contribution in [0.15, 0.2) is 36.4 Å². The molecule has 0 fully saturated rings. The summed E-state index contributed by atoms with van der Waals surface area (Å²) in [5.41, 5.74) is 8.09. The van der Waals surface area contributed by atoms with E-state index in [1.807, 2.05) is 0 Å². The monoisotopic (exact) mass is 511 g/mol. The molecule has 5 nitrogen and oxygen atoms in total. The second kappa shape index (κ2) is 15.6. The minimum Gasteiger partial charge on any atom is -0.394 e. The summed E-state index contributed by atoms with van der Waals surface area (Å²) < 4.78 is 17.3. The third-order valence-electron chi connectivity index (χ3n) is 7.46. The normalized spacial score (nSPS) is 13.8. The summed E-state index contributed by atoms with van der Waals surface area (Å²) in [5.74, 6) is 0. The van der Waals surface area contributed by atoms with E-state index >= 15 is 0 Å². The maximum atomic E-state index is 8.80. The molecule has 0 saturated heterocycles.